The first-order chi connectivity index (χ1) is 9.09. The minimum Gasteiger partial charge on any atom is -0.481 e. The third-order valence-corrected chi connectivity index (χ3v) is 4.46. The molecule has 0 aliphatic carbocycles. The first-order valence-electron chi connectivity index (χ1n) is 7.34. The SMILES string of the molecule is CCCC1(C(=O)O)CCN(C(=O)C2CCCCN2)C1. The van der Waals surface area contributed by atoms with E-state index in [1.54, 1.807) is 4.90 Å². The molecule has 0 aromatic carbocycles. The molecule has 0 spiro atoms. The minimum atomic E-state index is -0.749. The fourth-order valence-corrected chi connectivity index (χ4v) is 3.31. The van der Waals surface area contributed by atoms with Crippen molar-refractivity contribution >= 4 is 11.9 Å². The number of carboxylic acids is 1. The van der Waals surface area contributed by atoms with E-state index in [1.165, 1.54) is 0 Å². The van der Waals surface area contributed by atoms with Crippen LogP contribution in [-0.4, -0.2) is 47.6 Å². The first-order valence-corrected chi connectivity index (χ1v) is 7.34. The summed E-state index contributed by atoms with van der Waals surface area (Å²) in [5.41, 5.74) is -0.709. The Morgan fingerprint density at radius 2 is 2.21 bits per heavy atom. The molecule has 2 aliphatic rings. The van der Waals surface area contributed by atoms with Gasteiger partial charge in [0, 0.05) is 13.1 Å². The van der Waals surface area contributed by atoms with Crippen molar-refractivity contribution < 1.29 is 14.7 Å². The zero-order valence-corrected chi connectivity index (χ0v) is 11.7. The zero-order chi connectivity index (χ0) is 13.9. The van der Waals surface area contributed by atoms with E-state index in [9.17, 15) is 14.7 Å². The summed E-state index contributed by atoms with van der Waals surface area (Å²) < 4.78 is 0. The van der Waals surface area contributed by atoms with E-state index in [2.05, 4.69) is 5.32 Å². The van der Waals surface area contributed by atoms with Crippen molar-refractivity contribution in [3.8, 4) is 0 Å². The highest BCUT2D eigenvalue weighted by Gasteiger charge is 2.46. The van der Waals surface area contributed by atoms with E-state index in [4.69, 9.17) is 0 Å². The Hall–Kier alpha value is -1.10. The molecule has 2 heterocycles. The number of nitrogens with zero attached hydrogens (tertiary/aromatic N) is 1. The highest BCUT2D eigenvalue weighted by molar-refractivity contribution is 5.84. The van der Waals surface area contributed by atoms with Crippen LogP contribution in [0.5, 0.6) is 0 Å². The number of likely N-dealkylation sites (tertiary alicyclic amines) is 1. The van der Waals surface area contributed by atoms with Gasteiger partial charge in [0.05, 0.1) is 11.5 Å². The quantitative estimate of drug-likeness (QED) is 0.804. The van der Waals surface area contributed by atoms with Gasteiger partial charge < -0.3 is 15.3 Å². The van der Waals surface area contributed by atoms with Gasteiger partial charge in [-0.1, -0.05) is 19.8 Å². The molecule has 2 rings (SSSR count). The maximum atomic E-state index is 12.4. The average Bonchev–Trinajstić information content (AvgIpc) is 2.85. The summed E-state index contributed by atoms with van der Waals surface area (Å²) >= 11 is 0. The van der Waals surface area contributed by atoms with Crippen molar-refractivity contribution in [1.82, 2.24) is 10.2 Å². The number of amides is 1. The van der Waals surface area contributed by atoms with E-state index in [0.717, 1.165) is 32.2 Å². The van der Waals surface area contributed by atoms with Crippen LogP contribution in [0.4, 0.5) is 0 Å². The Morgan fingerprint density at radius 1 is 1.42 bits per heavy atom. The Balaban J connectivity index is 1.99. The lowest BCUT2D eigenvalue weighted by Gasteiger charge is -2.29. The third kappa shape index (κ3) is 2.91. The summed E-state index contributed by atoms with van der Waals surface area (Å²) in [7, 11) is 0. The number of carbonyl (C=O) groups excluding carboxylic acids is 1. The number of hydrogen-bond donors (Lipinski definition) is 2. The van der Waals surface area contributed by atoms with Gasteiger partial charge in [-0.2, -0.15) is 0 Å². The molecule has 2 N–H and O–H groups in total. The number of carbonyl (C=O) groups is 2. The zero-order valence-electron chi connectivity index (χ0n) is 11.7. The highest BCUT2D eigenvalue weighted by Crippen LogP contribution is 2.36. The molecule has 108 valence electrons. The topological polar surface area (TPSA) is 69.6 Å². The highest BCUT2D eigenvalue weighted by atomic mass is 16.4. The summed E-state index contributed by atoms with van der Waals surface area (Å²) in [6.45, 7) is 3.86. The Kier molecular flexibility index (Phi) is 4.45. The van der Waals surface area contributed by atoms with E-state index in [-0.39, 0.29) is 11.9 Å². The fraction of sp³-hybridized carbons (Fsp3) is 0.857. The van der Waals surface area contributed by atoms with Gasteiger partial charge in [0.15, 0.2) is 0 Å². The average molecular weight is 268 g/mol. The summed E-state index contributed by atoms with van der Waals surface area (Å²) in [6, 6.07) is -0.0972. The molecule has 2 atom stereocenters. The van der Waals surface area contributed by atoms with E-state index in [0.29, 0.717) is 25.9 Å². The molecule has 0 aromatic rings. The van der Waals surface area contributed by atoms with Crippen LogP contribution in [0.2, 0.25) is 0 Å². The Morgan fingerprint density at radius 3 is 2.79 bits per heavy atom. The molecule has 0 saturated carbocycles. The number of nitrogens with one attached hydrogen (secondary N) is 1. The van der Waals surface area contributed by atoms with Crippen LogP contribution >= 0.6 is 0 Å². The van der Waals surface area contributed by atoms with E-state index >= 15 is 0 Å². The van der Waals surface area contributed by atoms with Crippen molar-refractivity contribution in [3.05, 3.63) is 0 Å². The number of aliphatic carboxylic acids is 1. The number of hydrogen-bond acceptors (Lipinski definition) is 3. The first kappa shape index (κ1) is 14.3. The van der Waals surface area contributed by atoms with Crippen LogP contribution in [0.3, 0.4) is 0 Å². The van der Waals surface area contributed by atoms with Gasteiger partial charge in [0.25, 0.3) is 0 Å². The molecule has 2 saturated heterocycles. The summed E-state index contributed by atoms with van der Waals surface area (Å²) in [5, 5.41) is 12.7. The molecule has 0 aromatic heterocycles. The maximum absolute atomic E-state index is 12.4. The van der Waals surface area contributed by atoms with Crippen LogP contribution < -0.4 is 5.32 Å². The predicted octanol–water partition coefficient (Wildman–Crippen LogP) is 1.23. The Labute approximate surface area is 114 Å². The molecular weight excluding hydrogens is 244 g/mol. The molecule has 0 radical (unpaired) electrons. The lowest BCUT2D eigenvalue weighted by atomic mass is 9.83. The monoisotopic (exact) mass is 268 g/mol. The van der Waals surface area contributed by atoms with Crippen molar-refractivity contribution in [3.63, 3.8) is 0 Å². The van der Waals surface area contributed by atoms with Gasteiger partial charge in [-0.05, 0) is 32.2 Å². The molecule has 5 heteroatoms. The molecule has 2 aliphatic heterocycles. The van der Waals surface area contributed by atoms with Crippen LogP contribution in [0.25, 0.3) is 0 Å². The molecule has 0 bridgehead atoms. The second-order valence-electron chi connectivity index (χ2n) is 5.85. The third-order valence-electron chi connectivity index (χ3n) is 4.46. The summed E-state index contributed by atoms with van der Waals surface area (Å²) in [6.07, 6.45) is 5.17. The van der Waals surface area contributed by atoms with Gasteiger partial charge >= 0.3 is 5.97 Å². The molecular formula is C14H24N2O3. The van der Waals surface area contributed by atoms with Crippen LogP contribution in [-0.2, 0) is 9.59 Å². The second kappa shape index (κ2) is 5.90. The van der Waals surface area contributed by atoms with Crippen LogP contribution in [0, 0.1) is 5.41 Å². The van der Waals surface area contributed by atoms with Gasteiger partial charge in [-0.15, -0.1) is 0 Å². The van der Waals surface area contributed by atoms with Gasteiger partial charge in [-0.25, -0.2) is 0 Å². The largest absolute Gasteiger partial charge is 0.481 e. The summed E-state index contributed by atoms with van der Waals surface area (Å²) in [4.78, 5) is 25.6. The minimum absolute atomic E-state index is 0.0962. The second-order valence-corrected chi connectivity index (χ2v) is 5.85. The lowest BCUT2D eigenvalue weighted by molar-refractivity contribution is -0.149. The van der Waals surface area contributed by atoms with Gasteiger partial charge in [0.2, 0.25) is 5.91 Å². The molecule has 5 nitrogen and oxygen atoms in total. The van der Waals surface area contributed by atoms with Crippen LogP contribution in [0.1, 0.15) is 45.4 Å². The van der Waals surface area contributed by atoms with Crippen molar-refractivity contribution in [2.24, 2.45) is 5.41 Å². The Bertz CT molecular complexity index is 353. The van der Waals surface area contributed by atoms with Crippen molar-refractivity contribution in [1.29, 1.82) is 0 Å². The number of carboxylic acid groups (broad SMARTS) is 1. The molecule has 1 amide bonds. The lowest BCUT2D eigenvalue weighted by Crippen LogP contribution is -2.48. The smallest absolute Gasteiger partial charge is 0.311 e. The van der Waals surface area contributed by atoms with Gasteiger partial charge in [-0.3, -0.25) is 9.59 Å². The molecule has 19 heavy (non-hydrogen) atoms. The van der Waals surface area contributed by atoms with E-state index < -0.39 is 11.4 Å². The maximum Gasteiger partial charge on any atom is 0.311 e. The summed E-state index contributed by atoms with van der Waals surface area (Å²) in [5.74, 6) is -0.653. The van der Waals surface area contributed by atoms with Crippen LogP contribution in [0.15, 0.2) is 0 Å². The van der Waals surface area contributed by atoms with E-state index in [1.807, 2.05) is 6.92 Å². The normalized spacial score (nSPS) is 31.4. The molecule has 2 fully saturated rings. The van der Waals surface area contributed by atoms with Crippen molar-refractivity contribution in [2.75, 3.05) is 19.6 Å². The van der Waals surface area contributed by atoms with Crippen molar-refractivity contribution in [2.45, 2.75) is 51.5 Å². The van der Waals surface area contributed by atoms with Gasteiger partial charge in [0.1, 0.15) is 0 Å². The molecule has 2 unspecified atom stereocenters. The number of piperidine rings is 1. The fourth-order valence-electron chi connectivity index (χ4n) is 3.31. The predicted molar refractivity (Wildman–Crippen MR) is 71.8 cm³/mol. The number of rotatable bonds is 4. The standard InChI is InChI=1S/C14H24N2O3/c1-2-6-14(13(18)19)7-9-16(10-14)12(17)11-5-3-4-8-15-11/h11,15H,2-10H2,1H3,(H,18,19).